The van der Waals surface area contributed by atoms with Crippen LogP contribution in [0.25, 0.3) is 10.9 Å². The van der Waals surface area contributed by atoms with Gasteiger partial charge in [-0.25, -0.2) is 4.79 Å². The molecule has 3 N–H and O–H groups in total. The molecule has 2 rings (SSSR count). The number of nitrogen functional groups attached to an aromatic ring is 1. The van der Waals surface area contributed by atoms with Gasteiger partial charge >= 0.3 is 5.97 Å². The quantitative estimate of drug-likeness (QED) is 0.818. The van der Waals surface area contributed by atoms with E-state index in [0.717, 1.165) is 0 Å². The summed E-state index contributed by atoms with van der Waals surface area (Å²) in [7, 11) is 0. The first-order valence-corrected chi connectivity index (χ1v) is 4.90. The number of nitrogens with zero attached hydrogens (tertiary/aromatic N) is 2. The van der Waals surface area contributed by atoms with Gasteiger partial charge in [-0.3, -0.25) is 0 Å². The fourth-order valence-electron chi connectivity index (χ4n) is 1.28. The lowest BCUT2D eigenvalue weighted by molar-refractivity contribution is 0.0691. The topological polar surface area (TPSA) is 89.1 Å². The highest BCUT2D eigenvalue weighted by atomic mass is 35.5. The Bertz CT molecular complexity index is 601. The smallest absolute Gasteiger partial charge is 0.358 e. The van der Waals surface area contributed by atoms with Gasteiger partial charge in [0, 0.05) is 5.39 Å². The van der Waals surface area contributed by atoms with Crippen LogP contribution in [0.4, 0.5) is 5.69 Å². The number of halogens is 2. The highest BCUT2D eigenvalue weighted by Gasteiger charge is 2.15. The largest absolute Gasteiger partial charge is 0.476 e. The predicted octanol–water partition coefficient (Wildman–Crippen LogP) is 2.22. The van der Waals surface area contributed by atoms with Crippen LogP contribution in [0.3, 0.4) is 0 Å². The number of aromatic nitrogens is 2. The highest BCUT2D eigenvalue weighted by molar-refractivity contribution is 6.42. The number of nitrogens with two attached hydrogens (primary N) is 1. The molecule has 5 nitrogen and oxygen atoms in total. The summed E-state index contributed by atoms with van der Waals surface area (Å²) in [5.41, 5.74) is 5.78. The second-order valence-electron chi connectivity index (χ2n) is 3.05. The van der Waals surface area contributed by atoms with Crippen molar-refractivity contribution >= 4 is 45.8 Å². The average Bonchev–Trinajstić information content (AvgIpc) is 2.21. The minimum absolute atomic E-state index is 0.0241. The van der Waals surface area contributed by atoms with Gasteiger partial charge < -0.3 is 10.8 Å². The summed E-state index contributed by atoms with van der Waals surface area (Å²) in [5, 5.41) is 17.0. The van der Waals surface area contributed by atoms with E-state index in [4.69, 9.17) is 34.0 Å². The molecule has 0 unspecified atom stereocenters. The molecule has 0 aliphatic rings. The zero-order valence-electron chi connectivity index (χ0n) is 7.74. The maximum atomic E-state index is 10.8. The molecule has 7 heteroatoms. The van der Waals surface area contributed by atoms with E-state index in [2.05, 4.69) is 10.2 Å². The molecule has 0 saturated carbocycles. The lowest BCUT2D eigenvalue weighted by Gasteiger charge is -2.05. The lowest BCUT2D eigenvalue weighted by atomic mass is 10.1. The number of rotatable bonds is 1. The van der Waals surface area contributed by atoms with E-state index >= 15 is 0 Å². The van der Waals surface area contributed by atoms with E-state index in [0.29, 0.717) is 15.9 Å². The fourth-order valence-corrected chi connectivity index (χ4v) is 1.60. The molecule has 0 aliphatic heterocycles. The summed E-state index contributed by atoms with van der Waals surface area (Å²) in [5.74, 6) is -1.24. The summed E-state index contributed by atoms with van der Waals surface area (Å²) in [6.45, 7) is 0. The maximum absolute atomic E-state index is 10.8. The summed E-state index contributed by atoms with van der Waals surface area (Å²) in [6, 6.07) is 2.95. The third-order valence-corrected chi connectivity index (χ3v) is 2.77. The summed E-state index contributed by atoms with van der Waals surface area (Å²) in [6.07, 6.45) is 0. The fraction of sp³-hybridized carbons (Fsp3) is 0. The van der Waals surface area contributed by atoms with Crippen LogP contribution in [0.5, 0.6) is 0 Å². The monoisotopic (exact) mass is 257 g/mol. The third kappa shape index (κ3) is 1.64. The van der Waals surface area contributed by atoms with Crippen LogP contribution in [-0.2, 0) is 0 Å². The summed E-state index contributed by atoms with van der Waals surface area (Å²) < 4.78 is 0. The summed E-state index contributed by atoms with van der Waals surface area (Å²) in [4.78, 5) is 10.8. The van der Waals surface area contributed by atoms with Crippen LogP contribution in [0.1, 0.15) is 10.5 Å². The third-order valence-electron chi connectivity index (χ3n) is 2.04. The standard InChI is InChI=1S/C9H5Cl2N3O2/c10-4-1-3-6(2-5(4)11)13-14-8(7(3)12)9(15)16/h1-2H,(H2,12,13)(H,15,16). The molecule has 0 bridgehead atoms. The number of fused-ring (bicyclic) bond motifs is 1. The Labute approximate surface area is 99.8 Å². The molecule has 2 aromatic rings. The molecule has 0 atom stereocenters. The number of hydrogen-bond donors (Lipinski definition) is 2. The molecule has 0 amide bonds. The van der Waals surface area contributed by atoms with Crippen LogP contribution in [-0.4, -0.2) is 21.3 Å². The van der Waals surface area contributed by atoms with Gasteiger partial charge in [-0.15, -0.1) is 10.2 Å². The van der Waals surface area contributed by atoms with E-state index in [-0.39, 0.29) is 16.4 Å². The van der Waals surface area contributed by atoms with Crippen molar-refractivity contribution in [3.05, 3.63) is 27.9 Å². The van der Waals surface area contributed by atoms with Crippen molar-refractivity contribution in [1.82, 2.24) is 10.2 Å². The molecule has 0 spiro atoms. The number of carboxylic acid groups (broad SMARTS) is 1. The molecular weight excluding hydrogens is 253 g/mol. The van der Waals surface area contributed by atoms with Crippen molar-refractivity contribution in [2.75, 3.05) is 5.73 Å². The Hall–Kier alpha value is -1.59. The second-order valence-corrected chi connectivity index (χ2v) is 3.87. The van der Waals surface area contributed by atoms with E-state index in [1.807, 2.05) is 0 Å². The van der Waals surface area contributed by atoms with Gasteiger partial charge in [-0.2, -0.15) is 0 Å². The minimum atomic E-state index is -1.24. The van der Waals surface area contributed by atoms with Crippen LogP contribution in [0.15, 0.2) is 12.1 Å². The van der Waals surface area contributed by atoms with Gasteiger partial charge in [0.25, 0.3) is 0 Å². The molecule has 0 saturated heterocycles. The first-order valence-electron chi connectivity index (χ1n) is 4.15. The van der Waals surface area contributed by atoms with Crippen molar-refractivity contribution in [2.24, 2.45) is 0 Å². The van der Waals surface area contributed by atoms with Gasteiger partial charge in [0.1, 0.15) is 0 Å². The van der Waals surface area contributed by atoms with Crippen LogP contribution in [0.2, 0.25) is 10.0 Å². The molecule has 0 fully saturated rings. The van der Waals surface area contributed by atoms with E-state index in [1.54, 1.807) is 0 Å². The zero-order valence-corrected chi connectivity index (χ0v) is 9.25. The number of carbonyl (C=O) groups is 1. The van der Waals surface area contributed by atoms with Crippen molar-refractivity contribution in [1.29, 1.82) is 0 Å². The SMILES string of the molecule is Nc1c(C(=O)O)nnc2cc(Cl)c(Cl)cc12. The molecule has 16 heavy (non-hydrogen) atoms. The Morgan fingerprint density at radius 1 is 1.25 bits per heavy atom. The normalized spacial score (nSPS) is 10.6. The Morgan fingerprint density at radius 2 is 1.88 bits per heavy atom. The van der Waals surface area contributed by atoms with Crippen LogP contribution >= 0.6 is 23.2 Å². The molecule has 0 radical (unpaired) electrons. The number of anilines is 1. The molecular formula is C9H5Cl2N3O2. The average molecular weight is 258 g/mol. The van der Waals surface area contributed by atoms with Crippen molar-refractivity contribution in [3.8, 4) is 0 Å². The molecule has 82 valence electrons. The van der Waals surface area contributed by atoms with Gasteiger partial charge in [0.05, 0.1) is 21.2 Å². The number of hydrogen-bond acceptors (Lipinski definition) is 4. The van der Waals surface area contributed by atoms with Crippen molar-refractivity contribution in [2.45, 2.75) is 0 Å². The van der Waals surface area contributed by atoms with Gasteiger partial charge in [-0.1, -0.05) is 23.2 Å². The summed E-state index contributed by atoms with van der Waals surface area (Å²) >= 11 is 11.6. The molecule has 1 aromatic carbocycles. The van der Waals surface area contributed by atoms with Gasteiger partial charge in [-0.05, 0) is 12.1 Å². The minimum Gasteiger partial charge on any atom is -0.476 e. The predicted molar refractivity (Wildman–Crippen MR) is 60.9 cm³/mol. The van der Waals surface area contributed by atoms with E-state index in [9.17, 15) is 4.79 Å². The second kappa shape index (κ2) is 3.77. The molecule has 1 aromatic heterocycles. The number of benzene rings is 1. The first-order chi connectivity index (χ1) is 7.50. The Kier molecular flexibility index (Phi) is 2.57. The lowest BCUT2D eigenvalue weighted by Crippen LogP contribution is -2.07. The Balaban J connectivity index is 2.84. The molecule has 0 aliphatic carbocycles. The first kappa shape index (κ1) is 10.9. The van der Waals surface area contributed by atoms with E-state index < -0.39 is 5.97 Å². The van der Waals surface area contributed by atoms with Crippen LogP contribution < -0.4 is 5.73 Å². The highest BCUT2D eigenvalue weighted by Crippen LogP contribution is 2.30. The van der Waals surface area contributed by atoms with E-state index in [1.165, 1.54) is 12.1 Å². The van der Waals surface area contributed by atoms with Crippen molar-refractivity contribution < 1.29 is 9.90 Å². The number of carboxylic acids is 1. The number of aromatic carboxylic acids is 1. The van der Waals surface area contributed by atoms with Crippen molar-refractivity contribution in [3.63, 3.8) is 0 Å². The van der Waals surface area contributed by atoms with Gasteiger partial charge in [0.2, 0.25) is 0 Å². The zero-order chi connectivity index (χ0) is 11.9. The Morgan fingerprint density at radius 3 is 2.50 bits per heavy atom. The molecule has 1 heterocycles. The maximum Gasteiger partial charge on any atom is 0.358 e. The van der Waals surface area contributed by atoms with Crippen LogP contribution in [0, 0.1) is 0 Å². The van der Waals surface area contributed by atoms with Gasteiger partial charge in [0.15, 0.2) is 5.69 Å².